The molecule has 0 bridgehead atoms. The molecule has 0 unspecified atom stereocenters. The molecular formula is C13H24. The summed E-state index contributed by atoms with van der Waals surface area (Å²) in [5.41, 5.74) is 1.24. The van der Waals surface area contributed by atoms with Gasteiger partial charge in [0, 0.05) is 0 Å². The summed E-state index contributed by atoms with van der Waals surface area (Å²) in [6, 6.07) is 0. The summed E-state index contributed by atoms with van der Waals surface area (Å²) >= 11 is 0. The maximum Gasteiger partial charge on any atom is -0.0219 e. The van der Waals surface area contributed by atoms with E-state index in [1.54, 1.807) is 6.08 Å². The highest BCUT2D eigenvalue weighted by Crippen LogP contribution is 2.09. The Hall–Kier alpha value is -1.04. The van der Waals surface area contributed by atoms with E-state index >= 15 is 0 Å². The van der Waals surface area contributed by atoms with E-state index in [1.807, 2.05) is 26.0 Å². The highest BCUT2D eigenvalue weighted by molar-refractivity contribution is 5.22. The Labute approximate surface area is 84.4 Å². The Bertz CT molecular complexity index is 138. The average molecular weight is 180 g/mol. The van der Waals surface area contributed by atoms with E-state index in [0.717, 1.165) is 0 Å². The van der Waals surface area contributed by atoms with Crippen molar-refractivity contribution in [2.75, 3.05) is 0 Å². The number of allylic oxidation sites excluding steroid dienone is 4. The predicted molar refractivity (Wildman–Crippen MR) is 65.9 cm³/mol. The molecule has 0 aliphatic heterocycles. The fourth-order valence-electron chi connectivity index (χ4n) is 0.632. The van der Waals surface area contributed by atoms with Gasteiger partial charge in [0.15, 0.2) is 0 Å². The summed E-state index contributed by atoms with van der Waals surface area (Å²) in [7, 11) is 0. The third-order valence-electron chi connectivity index (χ3n) is 1.21. The van der Waals surface area contributed by atoms with Crippen molar-refractivity contribution in [1.29, 1.82) is 0 Å². The molecule has 0 aliphatic rings. The third kappa shape index (κ3) is 13.9. The van der Waals surface area contributed by atoms with Crippen molar-refractivity contribution < 1.29 is 0 Å². The van der Waals surface area contributed by atoms with Gasteiger partial charge >= 0.3 is 0 Å². The van der Waals surface area contributed by atoms with Gasteiger partial charge in [-0.05, 0) is 11.5 Å². The molecule has 0 rings (SSSR count). The zero-order valence-electron chi connectivity index (χ0n) is 9.64. The maximum atomic E-state index is 3.68. The van der Waals surface area contributed by atoms with Crippen LogP contribution in [0.25, 0.3) is 0 Å². The lowest BCUT2D eigenvalue weighted by molar-refractivity contribution is 0.792. The van der Waals surface area contributed by atoms with E-state index in [2.05, 4.69) is 40.2 Å². The first-order valence-corrected chi connectivity index (χ1v) is 4.67. The molecule has 0 aromatic heterocycles. The first kappa shape index (κ1) is 17.9. The van der Waals surface area contributed by atoms with Gasteiger partial charge in [-0.2, -0.15) is 0 Å². The zero-order valence-corrected chi connectivity index (χ0v) is 9.64. The van der Waals surface area contributed by atoms with Gasteiger partial charge in [-0.3, -0.25) is 0 Å². The molecular weight excluding hydrogens is 156 g/mol. The summed E-state index contributed by atoms with van der Waals surface area (Å²) in [4.78, 5) is 0. The van der Waals surface area contributed by atoms with Crippen molar-refractivity contribution in [3.8, 4) is 0 Å². The second-order valence-corrected chi connectivity index (χ2v) is 2.26. The molecule has 0 aliphatic carbocycles. The van der Waals surface area contributed by atoms with Crippen LogP contribution >= 0.6 is 0 Å². The van der Waals surface area contributed by atoms with Crippen LogP contribution in [-0.2, 0) is 0 Å². The van der Waals surface area contributed by atoms with Gasteiger partial charge in [-0.1, -0.05) is 59.1 Å². The fourth-order valence-corrected chi connectivity index (χ4v) is 0.632. The van der Waals surface area contributed by atoms with E-state index in [1.165, 1.54) is 5.57 Å². The van der Waals surface area contributed by atoms with Crippen LogP contribution in [0.2, 0.25) is 0 Å². The lowest BCUT2D eigenvalue weighted by atomic mass is 10.0. The third-order valence-corrected chi connectivity index (χ3v) is 1.21. The summed E-state index contributed by atoms with van der Waals surface area (Å²) < 4.78 is 0. The molecule has 0 nitrogen and oxygen atoms in total. The molecule has 0 amide bonds. The minimum Gasteiger partial charge on any atom is -0.106 e. The van der Waals surface area contributed by atoms with Crippen LogP contribution in [0.5, 0.6) is 0 Å². The van der Waals surface area contributed by atoms with E-state index < -0.39 is 0 Å². The van der Waals surface area contributed by atoms with Crippen molar-refractivity contribution in [2.45, 2.75) is 27.7 Å². The molecule has 0 N–H and O–H groups in total. The minimum absolute atomic E-state index is 0.556. The number of rotatable bonds is 3. The van der Waals surface area contributed by atoms with E-state index in [4.69, 9.17) is 0 Å². The van der Waals surface area contributed by atoms with Crippen LogP contribution in [0, 0.1) is 5.92 Å². The normalized spacial score (nSPS) is 8.85. The second kappa shape index (κ2) is 17.2. The number of hydrogen-bond donors (Lipinski definition) is 0. The predicted octanol–water partition coefficient (Wildman–Crippen LogP) is 4.77. The Balaban J connectivity index is -0.000000218. The summed E-state index contributed by atoms with van der Waals surface area (Å²) in [5, 5.41) is 0. The second-order valence-electron chi connectivity index (χ2n) is 2.26. The SMILES string of the molecule is C=C.C=C/C=C(\C=C)C(C)C.CC. The molecule has 0 fully saturated rings. The molecule has 0 saturated carbocycles. The highest BCUT2D eigenvalue weighted by atomic mass is 14.0. The van der Waals surface area contributed by atoms with Crippen molar-refractivity contribution in [1.82, 2.24) is 0 Å². The van der Waals surface area contributed by atoms with Crippen LogP contribution in [0.3, 0.4) is 0 Å². The molecule has 0 heterocycles. The minimum atomic E-state index is 0.556. The Kier molecular flexibility index (Phi) is 23.6. The van der Waals surface area contributed by atoms with Gasteiger partial charge in [0.1, 0.15) is 0 Å². The molecule has 0 aromatic carbocycles. The highest BCUT2D eigenvalue weighted by Gasteiger charge is 1.94. The maximum absolute atomic E-state index is 3.68. The van der Waals surface area contributed by atoms with Gasteiger partial charge < -0.3 is 0 Å². The standard InChI is InChI=1S/C9H14.C2H6.C2H4/c1-5-7-9(6-2)8(3)4;2*1-2/h5-8H,1-2H2,3-4H3;1-2H3;1-2H2/b9-7+;;. The summed E-state index contributed by atoms with van der Waals surface area (Å²) in [5.74, 6) is 0.556. The quantitative estimate of drug-likeness (QED) is 0.433. The van der Waals surface area contributed by atoms with Crippen molar-refractivity contribution in [3.63, 3.8) is 0 Å². The van der Waals surface area contributed by atoms with Crippen LogP contribution in [0.15, 0.2) is 50.1 Å². The van der Waals surface area contributed by atoms with E-state index in [9.17, 15) is 0 Å². The zero-order chi connectivity index (χ0) is 11.3. The van der Waals surface area contributed by atoms with Gasteiger partial charge in [-0.25, -0.2) is 0 Å². The van der Waals surface area contributed by atoms with Crippen LogP contribution < -0.4 is 0 Å². The van der Waals surface area contributed by atoms with Gasteiger partial charge in [0.05, 0.1) is 0 Å². The van der Waals surface area contributed by atoms with Crippen LogP contribution in [0.4, 0.5) is 0 Å². The lowest BCUT2D eigenvalue weighted by Gasteiger charge is -2.02. The van der Waals surface area contributed by atoms with Crippen LogP contribution in [-0.4, -0.2) is 0 Å². The van der Waals surface area contributed by atoms with Gasteiger partial charge in [0.25, 0.3) is 0 Å². The average Bonchev–Trinajstić information content (AvgIpc) is 2.20. The summed E-state index contributed by atoms with van der Waals surface area (Å²) in [6.45, 7) is 21.6. The Morgan fingerprint density at radius 2 is 1.46 bits per heavy atom. The van der Waals surface area contributed by atoms with Crippen molar-refractivity contribution in [3.05, 3.63) is 50.1 Å². The summed E-state index contributed by atoms with van der Waals surface area (Å²) in [6.07, 6.45) is 5.64. The fraction of sp³-hybridized carbons (Fsp3) is 0.385. The first-order chi connectivity index (χ1) is 6.22. The number of hydrogen-bond acceptors (Lipinski definition) is 0. The van der Waals surface area contributed by atoms with Gasteiger partial charge in [-0.15, -0.1) is 13.2 Å². The van der Waals surface area contributed by atoms with Crippen molar-refractivity contribution >= 4 is 0 Å². The Morgan fingerprint density at radius 3 is 1.54 bits per heavy atom. The Morgan fingerprint density at radius 1 is 1.08 bits per heavy atom. The van der Waals surface area contributed by atoms with Gasteiger partial charge in [0.2, 0.25) is 0 Å². The van der Waals surface area contributed by atoms with Crippen molar-refractivity contribution in [2.24, 2.45) is 5.92 Å². The largest absolute Gasteiger partial charge is 0.106 e. The topological polar surface area (TPSA) is 0 Å². The monoisotopic (exact) mass is 180 g/mol. The molecule has 0 saturated heterocycles. The molecule has 0 radical (unpaired) electrons. The molecule has 0 aromatic rings. The molecule has 13 heavy (non-hydrogen) atoms. The smallest absolute Gasteiger partial charge is 0.0219 e. The molecule has 0 spiro atoms. The first-order valence-electron chi connectivity index (χ1n) is 4.67. The molecule has 76 valence electrons. The molecule has 0 heteroatoms. The van der Waals surface area contributed by atoms with Crippen LogP contribution in [0.1, 0.15) is 27.7 Å². The van der Waals surface area contributed by atoms with E-state index in [0.29, 0.717) is 5.92 Å². The lowest BCUT2D eigenvalue weighted by Crippen LogP contribution is -1.87. The van der Waals surface area contributed by atoms with E-state index in [-0.39, 0.29) is 0 Å². The molecule has 0 atom stereocenters.